The number of fused-ring (bicyclic) bond motifs is 2. The number of ketones is 1. The van der Waals surface area contributed by atoms with Crippen LogP contribution in [-0.4, -0.2) is 83.8 Å². The van der Waals surface area contributed by atoms with Crippen molar-refractivity contribution < 1.29 is 41.5 Å². The molecule has 13 nitrogen and oxygen atoms in total. The molecule has 1 N–H and O–H groups in total. The summed E-state index contributed by atoms with van der Waals surface area (Å²) in [7, 11) is -3.07. The van der Waals surface area contributed by atoms with Gasteiger partial charge in [0.25, 0.3) is 16.0 Å². The van der Waals surface area contributed by atoms with Gasteiger partial charge in [-0.05, 0) is 48.2 Å². The van der Waals surface area contributed by atoms with Crippen molar-refractivity contribution in [1.82, 2.24) is 19.5 Å². The molecule has 5 heterocycles. The van der Waals surface area contributed by atoms with E-state index < -0.39 is 57.6 Å². The quantitative estimate of drug-likeness (QED) is 0.303. The zero-order valence-corrected chi connectivity index (χ0v) is 24.9. The standard InChI is InChI=1S/C29H26N4O9S2/c1-40-18-7-8-24-17(13-18)14-25(41-24)42-29(37)31-21(15-19-5-4-12-43-19)27(35)32-11-9-22-26(32)23(34)16-33(22)44(38,39)28(36)20-6-2-3-10-30-20/h2-8,10,12-14,21-22,26H,9,11,15-16H2,1H3,(H,31,37). The molecule has 3 unspecified atom stereocenters. The first-order chi connectivity index (χ1) is 21.2. The van der Waals surface area contributed by atoms with Gasteiger partial charge < -0.3 is 24.1 Å². The van der Waals surface area contributed by atoms with E-state index in [1.54, 1.807) is 36.4 Å². The Hall–Kier alpha value is -4.60. The van der Waals surface area contributed by atoms with E-state index in [-0.39, 0.29) is 31.0 Å². The van der Waals surface area contributed by atoms with Crippen LogP contribution in [-0.2, 0) is 26.0 Å². The molecule has 6 rings (SSSR count). The fourth-order valence-electron chi connectivity index (χ4n) is 5.53. The van der Waals surface area contributed by atoms with E-state index in [2.05, 4.69) is 10.3 Å². The van der Waals surface area contributed by atoms with Crippen LogP contribution in [0.15, 0.2) is 70.6 Å². The van der Waals surface area contributed by atoms with Crippen LogP contribution < -0.4 is 14.8 Å². The Bertz CT molecular complexity index is 1840. The molecule has 2 saturated heterocycles. The Kier molecular flexibility index (Phi) is 7.92. The minimum absolute atomic E-state index is 0.0484. The number of amides is 2. The predicted octanol–water partition coefficient (Wildman–Crippen LogP) is 2.62. The van der Waals surface area contributed by atoms with Gasteiger partial charge in [-0.15, -0.1) is 11.3 Å². The van der Waals surface area contributed by atoms with Gasteiger partial charge in [0.1, 0.15) is 29.1 Å². The summed E-state index contributed by atoms with van der Waals surface area (Å²) >= 11 is 1.38. The number of pyridine rings is 1. The average molecular weight is 639 g/mol. The number of furan rings is 1. The summed E-state index contributed by atoms with van der Waals surface area (Å²) in [6.45, 7) is -0.505. The molecule has 3 aromatic heterocycles. The molecule has 2 fully saturated rings. The van der Waals surface area contributed by atoms with E-state index >= 15 is 0 Å². The zero-order valence-electron chi connectivity index (χ0n) is 23.2. The van der Waals surface area contributed by atoms with Crippen LogP contribution in [0.1, 0.15) is 21.8 Å². The molecule has 4 aromatic rings. The average Bonchev–Trinajstić information content (AvgIpc) is 3.82. The number of nitrogens with one attached hydrogen (secondary N) is 1. The molecule has 2 aliphatic heterocycles. The van der Waals surface area contributed by atoms with Gasteiger partial charge in [-0.3, -0.25) is 19.4 Å². The maximum atomic E-state index is 13.9. The topological polar surface area (TPSA) is 165 Å². The van der Waals surface area contributed by atoms with Gasteiger partial charge in [-0.1, -0.05) is 12.1 Å². The number of carbonyl (C=O) groups excluding carboxylic acids is 4. The highest BCUT2D eigenvalue weighted by Crippen LogP contribution is 2.33. The largest absolute Gasteiger partial charge is 0.497 e. The van der Waals surface area contributed by atoms with Crippen LogP contribution >= 0.6 is 11.3 Å². The predicted molar refractivity (Wildman–Crippen MR) is 157 cm³/mol. The number of sulfonamides is 1. The monoisotopic (exact) mass is 638 g/mol. The highest BCUT2D eigenvalue weighted by atomic mass is 32.2. The number of hydrogen-bond acceptors (Lipinski definition) is 11. The summed E-state index contributed by atoms with van der Waals surface area (Å²) in [5.74, 6) is -0.610. The van der Waals surface area contributed by atoms with Crippen molar-refractivity contribution in [1.29, 1.82) is 0 Å². The smallest absolute Gasteiger partial charge is 0.415 e. The highest BCUT2D eigenvalue weighted by molar-refractivity contribution is 8.04. The number of benzene rings is 1. The first-order valence-electron chi connectivity index (χ1n) is 13.5. The summed E-state index contributed by atoms with van der Waals surface area (Å²) in [5, 5.41) is 3.83. The summed E-state index contributed by atoms with van der Waals surface area (Å²) in [4.78, 5) is 58.8. The highest BCUT2D eigenvalue weighted by Gasteiger charge is 2.55. The Morgan fingerprint density at radius 3 is 2.73 bits per heavy atom. The van der Waals surface area contributed by atoms with Gasteiger partial charge in [0.15, 0.2) is 5.78 Å². The van der Waals surface area contributed by atoms with Crippen molar-refractivity contribution in [3.05, 3.63) is 76.7 Å². The molecule has 2 aliphatic rings. The number of Topliss-reactive ketones (excluding diaryl/α,β-unsaturated/α-hetero) is 1. The molecule has 1 aromatic carbocycles. The van der Waals surface area contributed by atoms with Crippen molar-refractivity contribution >= 4 is 55.2 Å². The van der Waals surface area contributed by atoms with Crippen molar-refractivity contribution in [2.45, 2.75) is 31.0 Å². The van der Waals surface area contributed by atoms with Crippen LogP contribution in [0.25, 0.3) is 11.0 Å². The number of likely N-dealkylation sites (tertiary alicyclic amines) is 1. The lowest BCUT2D eigenvalue weighted by Gasteiger charge is -2.27. The lowest BCUT2D eigenvalue weighted by atomic mass is 10.1. The second-order valence-corrected chi connectivity index (χ2v) is 13.0. The Morgan fingerprint density at radius 2 is 2.00 bits per heavy atom. The molecule has 0 bridgehead atoms. The fourth-order valence-corrected chi connectivity index (χ4v) is 7.75. The third-order valence-electron chi connectivity index (χ3n) is 7.55. The van der Waals surface area contributed by atoms with Crippen molar-refractivity contribution in [2.75, 3.05) is 20.2 Å². The maximum Gasteiger partial charge on any atom is 0.415 e. The number of aromatic nitrogens is 1. The molecule has 228 valence electrons. The first-order valence-corrected chi connectivity index (χ1v) is 15.9. The minimum Gasteiger partial charge on any atom is -0.497 e. The van der Waals surface area contributed by atoms with E-state index in [1.807, 2.05) is 5.38 Å². The molecule has 0 spiro atoms. The second kappa shape index (κ2) is 11.8. The number of methoxy groups -OCH3 is 1. The third-order valence-corrected chi connectivity index (χ3v) is 10.1. The molecule has 44 heavy (non-hydrogen) atoms. The number of hydrogen-bond donors (Lipinski definition) is 1. The molecule has 3 atom stereocenters. The number of carbonyl (C=O) groups is 4. The lowest BCUT2D eigenvalue weighted by molar-refractivity contribution is -0.138. The molecule has 0 saturated carbocycles. The number of rotatable bonds is 8. The zero-order chi connectivity index (χ0) is 31.0. The molecule has 0 radical (unpaired) electrons. The summed E-state index contributed by atoms with van der Waals surface area (Å²) in [6.07, 6.45) is 0.582. The SMILES string of the molecule is COc1ccc2oc(OC(=O)NC(Cc3cccs3)C(=O)N3CCC4C3C(=O)CN4S(=O)(=O)C(=O)c3ccccn3)cc2c1. The fraction of sp³-hybridized carbons (Fsp3) is 0.276. The molecular weight excluding hydrogens is 612 g/mol. The normalized spacial score (nSPS) is 19.1. The van der Waals surface area contributed by atoms with Crippen molar-refractivity contribution in [3.63, 3.8) is 0 Å². The number of nitrogens with zero attached hydrogens (tertiary/aromatic N) is 3. The third kappa shape index (κ3) is 5.56. The Labute approximate surface area is 255 Å². The first kappa shape index (κ1) is 29.5. The Balaban J connectivity index is 1.20. The van der Waals surface area contributed by atoms with Gasteiger partial charge in [0.05, 0.1) is 19.7 Å². The van der Waals surface area contributed by atoms with Crippen molar-refractivity contribution in [3.8, 4) is 11.7 Å². The van der Waals surface area contributed by atoms with Gasteiger partial charge in [0.2, 0.25) is 5.91 Å². The van der Waals surface area contributed by atoms with E-state index in [0.717, 1.165) is 9.18 Å². The molecule has 0 aliphatic carbocycles. The van der Waals surface area contributed by atoms with Gasteiger partial charge >= 0.3 is 11.2 Å². The molecule has 15 heteroatoms. The van der Waals surface area contributed by atoms with Crippen molar-refractivity contribution in [2.24, 2.45) is 0 Å². The minimum atomic E-state index is -4.59. The second-order valence-electron chi connectivity index (χ2n) is 10.2. The van der Waals surface area contributed by atoms with E-state index in [0.29, 0.717) is 16.7 Å². The van der Waals surface area contributed by atoms with Crippen LogP contribution in [0.5, 0.6) is 11.7 Å². The van der Waals surface area contributed by atoms with Crippen LogP contribution in [0.3, 0.4) is 0 Å². The molecular formula is C29H26N4O9S2. The summed E-state index contributed by atoms with van der Waals surface area (Å²) < 4.78 is 43.5. The van der Waals surface area contributed by atoms with Crippen LogP contribution in [0.2, 0.25) is 0 Å². The summed E-state index contributed by atoms with van der Waals surface area (Å²) in [6, 6.07) is 11.3. The van der Waals surface area contributed by atoms with Crippen LogP contribution in [0, 0.1) is 0 Å². The maximum absolute atomic E-state index is 13.9. The Morgan fingerprint density at radius 1 is 1.16 bits per heavy atom. The number of ether oxygens (including phenoxy) is 2. The molecule has 2 amide bonds. The number of thiophene rings is 1. The van der Waals surface area contributed by atoms with Gasteiger partial charge in [-0.25, -0.2) is 13.2 Å². The van der Waals surface area contributed by atoms with E-state index in [9.17, 15) is 27.6 Å². The summed E-state index contributed by atoms with van der Waals surface area (Å²) in [5.41, 5.74) is 0.195. The van der Waals surface area contributed by atoms with Gasteiger partial charge in [-0.2, -0.15) is 4.31 Å². The van der Waals surface area contributed by atoms with Gasteiger partial charge in [0, 0.05) is 35.5 Å². The van der Waals surface area contributed by atoms with E-state index in [1.165, 1.54) is 47.7 Å². The van der Waals surface area contributed by atoms with Crippen LogP contribution in [0.4, 0.5) is 4.79 Å². The van der Waals surface area contributed by atoms with E-state index in [4.69, 9.17) is 13.9 Å². The lowest BCUT2D eigenvalue weighted by Crippen LogP contribution is -2.53.